The van der Waals surface area contributed by atoms with Crippen LogP contribution in [0, 0.1) is 6.92 Å². The number of hydrogen-bond donors (Lipinski definition) is 1. The van der Waals surface area contributed by atoms with Crippen molar-refractivity contribution in [2.24, 2.45) is 0 Å². The number of hydrogen-bond acceptors (Lipinski definition) is 3. The van der Waals surface area contributed by atoms with Crippen LogP contribution in [0.5, 0.6) is 0 Å². The average Bonchev–Trinajstić information content (AvgIpc) is 2.96. The molecule has 1 aromatic heterocycles. The van der Waals surface area contributed by atoms with Crippen LogP contribution in [0.15, 0.2) is 18.9 Å². The summed E-state index contributed by atoms with van der Waals surface area (Å²) in [5, 5.41) is 3.42. The first-order valence-electron chi connectivity index (χ1n) is 6.90. The Hall–Kier alpha value is -1.29. The van der Waals surface area contributed by atoms with E-state index >= 15 is 0 Å². The predicted octanol–water partition coefficient (Wildman–Crippen LogP) is 2.28. The molecule has 1 aromatic rings. The SMILES string of the molecule is C=CCn1cc(C)nc1NCCCN1CCCC1. The third kappa shape index (κ3) is 3.60. The van der Waals surface area contributed by atoms with Crippen LogP contribution in [0.3, 0.4) is 0 Å². The van der Waals surface area contributed by atoms with Gasteiger partial charge < -0.3 is 14.8 Å². The molecular weight excluding hydrogens is 224 g/mol. The molecular formula is C14H24N4. The molecule has 0 radical (unpaired) electrons. The van der Waals surface area contributed by atoms with Gasteiger partial charge in [0.05, 0.1) is 5.69 Å². The van der Waals surface area contributed by atoms with E-state index in [-0.39, 0.29) is 0 Å². The van der Waals surface area contributed by atoms with E-state index in [0.717, 1.165) is 24.7 Å². The molecule has 0 bridgehead atoms. The second-order valence-corrected chi connectivity index (χ2v) is 4.98. The second kappa shape index (κ2) is 6.59. The van der Waals surface area contributed by atoms with Crippen LogP contribution in [0.1, 0.15) is 25.0 Å². The van der Waals surface area contributed by atoms with Crippen molar-refractivity contribution >= 4 is 5.95 Å². The Bertz CT molecular complexity index is 377. The van der Waals surface area contributed by atoms with Crippen LogP contribution in [0.25, 0.3) is 0 Å². The van der Waals surface area contributed by atoms with E-state index in [2.05, 4.69) is 32.5 Å². The van der Waals surface area contributed by atoms with Crippen molar-refractivity contribution in [1.29, 1.82) is 0 Å². The fraction of sp³-hybridized carbons (Fsp3) is 0.643. The fourth-order valence-electron chi connectivity index (χ4n) is 2.48. The standard InChI is InChI=1S/C14H24N4/c1-3-8-18-12-13(2)16-14(18)15-7-6-11-17-9-4-5-10-17/h3,12H,1,4-11H2,2H3,(H,15,16). The normalized spacial score (nSPS) is 16.1. The Morgan fingerprint density at radius 3 is 2.94 bits per heavy atom. The molecule has 18 heavy (non-hydrogen) atoms. The van der Waals surface area contributed by atoms with Gasteiger partial charge in [0.2, 0.25) is 5.95 Å². The molecule has 0 spiro atoms. The second-order valence-electron chi connectivity index (χ2n) is 4.98. The minimum absolute atomic E-state index is 0.815. The van der Waals surface area contributed by atoms with Crippen molar-refractivity contribution in [3.63, 3.8) is 0 Å². The van der Waals surface area contributed by atoms with Gasteiger partial charge in [-0.05, 0) is 45.8 Å². The smallest absolute Gasteiger partial charge is 0.203 e. The number of rotatable bonds is 7. The molecule has 1 N–H and O–H groups in total. The molecule has 0 saturated carbocycles. The van der Waals surface area contributed by atoms with Crippen LogP contribution in [0.4, 0.5) is 5.95 Å². The van der Waals surface area contributed by atoms with Gasteiger partial charge in [-0.2, -0.15) is 0 Å². The van der Waals surface area contributed by atoms with Gasteiger partial charge in [-0.3, -0.25) is 0 Å². The summed E-state index contributed by atoms with van der Waals surface area (Å²) in [4.78, 5) is 7.03. The molecule has 1 aliphatic rings. The lowest BCUT2D eigenvalue weighted by Crippen LogP contribution is -2.22. The van der Waals surface area contributed by atoms with Crippen molar-refractivity contribution in [2.75, 3.05) is 31.5 Å². The maximum Gasteiger partial charge on any atom is 0.203 e. The highest BCUT2D eigenvalue weighted by molar-refractivity contribution is 5.28. The van der Waals surface area contributed by atoms with E-state index < -0.39 is 0 Å². The van der Waals surface area contributed by atoms with Crippen LogP contribution >= 0.6 is 0 Å². The number of anilines is 1. The van der Waals surface area contributed by atoms with Crippen LogP contribution in [-0.4, -0.2) is 40.6 Å². The molecule has 0 amide bonds. The zero-order valence-corrected chi connectivity index (χ0v) is 11.4. The van der Waals surface area contributed by atoms with Gasteiger partial charge in [0.1, 0.15) is 0 Å². The number of nitrogens with zero attached hydrogens (tertiary/aromatic N) is 3. The minimum Gasteiger partial charge on any atom is -0.356 e. The summed E-state index contributed by atoms with van der Waals surface area (Å²) in [5.41, 5.74) is 1.05. The van der Waals surface area contributed by atoms with Gasteiger partial charge in [-0.25, -0.2) is 4.98 Å². The number of allylic oxidation sites excluding steroid dienone is 1. The van der Waals surface area contributed by atoms with Gasteiger partial charge in [-0.15, -0.1) is 6.58 Å². The summed E-state index contributed by atoms with van der Waals surface area (Å²) >= 11 is 0. The summed E-state index contributed by atoms with van der Waals surface area (Å²) in [6.45, 7) is 11.4. The van der Waals surface area contributed by atoms with E-state index in [1.54, 1.807) is 0 Å². The first-order valence-corrected chi connectivity index (χ1v) is 6.90. The third-order valence-corrected chi connectivity index (χ3v) is 3.36. The van der Waals surface area contributed by atoms with E-state index in [9.17, 15) is 0 Å². The molecule has 2 rings (SSSR count). The van der Waals surface area contributed by atoms with Crippen molar-refractivity contribution in [3.8, 4) is 0 Å². The fourth-order valence-corrected chi connectivity index (χ4v) is 2.48. The monoisotopic (exact) mass is 248 g/mol. The van der Waals surface area contributed by atoms with E-state index in [4.69, 9.17) is 0 Å². The van der Waals surface area contributed by atoms with Crippen LogP contribution in [0.2, 0.25) is 0 Å². The van der Waals surface area contributed by atoms with E-state index in [0.29, 0.717) is 0 Å². The zero-order chi connectivity index (χ0) is 12.8. The highest BCUT2D eigenvalue weighted by atomic mass is 15.2. The summed E-state index contributed by atoms with van der Waals surface area (Å²) in [7, 11) is 0. The number of aryl methyl sites for hydroxylation is 1. The minimum atomic E-state index is 0.815. The molecule has 4 nitrogen and oxygen atoms in total. The Labute approximate surface area is 110 Å². The van der Waals surface area contributed by atoms with Gasteiger partial charge in [0.15, 0.2) is 0 Å². The summed E-state index contributed by atoms with van der Waals surface area (Å²) in [6.07, 6.45) is 7.88. The molecule has 2 heterocycles. The molecule has 0 aliphatic carbocycles. The van der Waals surface area contributed by atoms with Crippen molar-refractivity contribution in [3.05, 3.63) is 24.5 Å². The lowest BCUT2D eigenvalue weighted by Gasteiger charge is -2.14. The van der Waals surface area contributed by atoms with Crippen molar-refractivity contribution in [1.82, 2.24) is 14.5 Å². The Morgan fingerprint density at radius 1 is 1.44 bits per heavy atom. The molecule has 100 valence electrons. The number of aromatic nitrogens is 2. The maximum absolute atomic E-state index is 4.49. The first kappa shape index (κ1) is 13.1. The highest BCUT2D eigenvalue weighted by Crippen LogP contribution is 2.10. The van der Waals surface area contributed by atoms with Gasteiger partial charge >= 0.3 is 0 Å². The molecule has 1 aliphatic heterocycles. The topological polar surface area (TPSA) is 33.1 Å². The summed E-state index contributed by atoms with van der Waals surface area (Å²) in [5.74, 6) is 0.967. The van der Waals surface area contributed by atoms with E-state index in [1.807, 2.05) is 13.0 Å². The quantitative estimate of drug-likeness (QED) is 0.593. The lowest BCUT2D eigenvalue weighted by molar-refractivity contribution is 0.337. The summed E-state index contributed by atoms with van der Waals surface area (Å²) in [6, 6.07) is 0. The molecule has 0 aromatic carbocycles. The third-order valence-electron chi connectivity index (χ3n) is 3.36. The molecule has 4 heteroatoms. The predicted molar refractivity (Wildman–Crippen MR) is 75.9 cm³/mol. The zero-order valence-electron chi connectivity index (χ0n) is 11.4. The van der Waals surface area contributed by atoms with E-state index in [1.165, 1.54) is 38.9 Å². The Balaban J connectivity index is 1.73. The van der Waals surface area contributed by atoms with Crippen molar-refractivity contribution < 1.29 is 0 Å². The van der Waals surface area contributed by atoms with Gasteiger partial charge in [-0.1, -0.05) is 6.08 Å². The molecule has 1 fully saturated rings. The Morgan fingerprint density at radius 2 is 2.22 bits per heavy atom. The molecule has 0 unspecified atom stereocenters. The number of likely N-dealkylation sites (tertiary alicyclic amines) is 1. The largest absolute Gasteiger partial charge is 0.356 e. The van der Waals surface area contributed by atoms with Crippen LogP contribution < -0.4 is 5.32 Å². The van der Waals surface area contributed by atoms with Gasteiger partial charge in [0.25, 0.3) is 0 Å². The summed E-state index contributed by atoms with van der Waals surface area (Å²) < 4.78 is 2.11. The highest BCUT2D eigenvalue weighted by Gasteiger charge is 2.10. The van der Waals surface area contributed by atoms with Crippen LogP contribution in [-0.2, 0) is 6.54 Å². The first-order chi connectivity index (χ1) is 8.79. The lowest BCUT2D eigenvalue weighted by atomic mass is 10.4. The molecule has 1 saturated heterocycles. The maximum atomic E-state index is 4.49. The number of nitrogens with one attached hydrogen (secondary N) is 1. The Kier molecular flexibility index (Phi) is 4.81. The van der Waals surface area contributed by atoms with Crippen molar-refractivity contribution in [2.45, 2.75) is 32.7 Å². The average molecular weight is 248 g/mol. The number of imidazole rings is 1. The molecule has 0 atom stereocenters. The van der Waals surface area contributed by atoms with Gasteiger partial charge in [0, 0.05) is 19.3 Å².